The van der Waals surface area contributed by atoms with E-state index in [4.69, 9.17) is 5.10 Å². The molecule has 0 radical (unpaired) electrons. The molecule has 3 nitrogen and oxygen atoms in total. The highest BCUT2D eigenvalue weighted by Gasteiger charge is 2.32. The van der Waals surface area contributed by atoms with Crippen LogP contribution in [0.3, 0.4) is 0 Å². The summed E-state index contributed by atoms with van der Waals surface area (Å²) in [6, 6.07) is 33.3. The van der Waals surface area contributed by atoms with Crippen molar-refractivity contribution in [3.8, 4) is 11.4 Å². The van der Waals surface area contributed by atoms with Gasteiger partial charge < -0.3 is 5.11 Å². The normalized spacial score (nSPS) is 12.3. The minimum absolute atomic E-state index is 0.266. The van der Waals surface area contributed by atoms with Crippen LogP contribution in [0.5, 0.6) is 5.75 Å². The van der Waals surface area contributed by atoms with Crippen LogP contribution in [0.25, 0.3) is 16.6 Å². The fourth-order valence-corrected chi connectivity index (χ4v) is 5.05. The first kappa shape index (κ1) is 22.9. The Balaban J connectivity index is 1.81. The van der Waals surface area contributed by atoms with Gasteiger partial charge in [-0.1, -0.05) is 113 Å². The van der Waals surface area contributed by atoms with Crippen LogP contribution in [0.4, 0.5) is 0 Å². The monoisotopic (exact) mass is 460 g/mol. The number of fused-ring (bicyclic) bond motifs is 1. The van der Waals surface area contributed by atoms with Crippen molar-refractivity contribution in [2.45, 2.75) is 45.4 Å². The highest BCUT2D eigenvalue weighted by molar-refractivity contribution is 5.82. The first-order valence-electron chi connectivity index (χ1n) is 12.1. The zero-order valence-corrected chi connectivity index (χ0v) is 21.1. The van der Waals surface area contributed by atoms with Gasteiger partial charge in [0, 0.05) is 27.5 Å². The topological polar surface area (TPSA) is 38.0 Å². The van der Waals surface area contributed by atoms with Gasteiger partial charge in [-0.3, -0.25) is 0 Å². The summed E-state index contributed by atoms with van der Waals surface area (Å²) in [7, 11) is 0. The zero-order chi connectivity index (χ0) is 24.8. The van der Waals surface area contributed by atoms with E-state index in [2.05, 4.69) is 101 Å². The standard InChI is InChI=1S/C32H32N2O/c1-22-26-18-12-13-19-28(26)33-34(22)29-21-25(31(2,3)23-14-8-6-9-15-23)20-27(30(29)35)32(4,5)24-16-10-7-11-17-24/h6-21,35H,1-5H3. The number of aryl methyl sites for hydroxylation is 1. The molecule has 0 aliphatic rings. The van der Waals surface area contributed by atoms with Crippen molar-refractivity contribution in [1.82, 2.24) is 9.78 Å². The number of aromatic nitrogens is 2. The van der Waals surface area contributed by atoms with Crippen molar-refractivity contribution in [3.63, 3.8) is 0 Å². The molecule has 0 saturated carbocycles. The second-order valence-electron chi connectivity index (χ2n) is 10.4. The summed E-state index contributed by atoms with van der Waals surface area (Å²) in [5, 5.41) is 17.8. The Morgan fingerprint density at radius 1 is 0.657 bits per heavy atom. The van der Waals surface area contributed by atoms with E-state index in [1.54, 1.807) is 0 Å². The maximum Gasteiger partial charge on any atom is 0.145 e. The van der Waals surface area contributed by atoms with Crippen LogP contribution in [0, 0.1) is 6.92 Å². The lowest BCUT2D eigenvalue weighted by Gasteiger charge is -2.32. The van der Waals surface area contributed by atoms with Gasteiger partial charge in [-0.15, -0.1) is 0 Å². The van der Waals surface area contributed by atoms with Crippen LogP contribution in [0.1, 0.15) is 55.6 Å². The van der Waals surface area contributed by atoms with Crippen LogP contribution in [-0.2, 0) is 10.8 Å². The Hall–Kier alpha value is -3.85. The van der Waals surface area contributed by atoms with Crippen LogP contribution >= 0.6 is 0 Å². The molecular weight excluding hydrogens is 428 g/mol. The van der Waals surface area contributed by atoms with Crippen LogP contribution in [0.2, 0.25) is 0 Å². The minimum atomic E-state index is -0.413. The fourth-order valence-electron chi connectivity index (χ4n) is 5.05. The van der Waals surface area contributed by atoms with E-state index in [0.717, 1.165) is 33.3 Å². The maximum absolute atomic E-state index is 11.8. The largest absolute Gasteiger partial charge is 0.505 e. The van der Waals surface area contributed by atoms with Gasteiger partial charge in [0.25, 0.3) is 0 Å². The average Bonchev–Trinajstić information content (AvgIpc) is 3.21. The summed E-state index contributed by atoms with van der Waals surface area (Å²) in [5.41, 5.74) is 6.35. The van der Waals surface area contributed by atoms with Crippen molar-refractivity contribution >= 4 is 10.9 Å². The number of nitrogens with zero attached hydrogens (tertiary/aromatic N) is 2. The number of aromatic hydroxyl groups is 1. The SMILES string of the molecule is Cc1c2ccccc2nn1-c1cc(C(C)(C)c2ccccc2)cc(C(C)(C)c2ccccc2)c1O. The Morgan fingerprint density at radius 2 is 1.20 bits per heavy atom. The minimum Gasteiger partial charge on any atom is -0.505 e. The summed E-state index contributed by atoms with van der Waals surface area (Å²) in [6.07, 6.45) is 0. The average molecular weight is 461 g/mol. The number of hydrogen-bond acceptors (Lipinski definition) is 2. The van der Waals surface area contributed by atoms with E-state index in [1.807, 2.05) is 35.0 Å². The van der Waals surface area contributed by atoms with E-state index in [0.29, 0.717) is 5.69 Å². The number of rotatable bonds is 5. The Kier molecular flexibility index (Phi) is 5.52. The predicted molar refractivity (Wildman–Crippen MR) is 145 cm³/mol. The maximum atomic E-state index is 11.8. The molecule has 0 atom stereocenters. The molecule has 0 aliphatic carbocycles. The van der Waals surface area contributed by atoms with Crippen LogP contribution < -0.4 is 0 Å². The summed E-state index contributed by atoms with van der Waals surface area (Å²) in [4.78, 5) is 0. The molecule has 0 fully saturated rings. The van der Waals surface area contributed by atoms with Crippen LogP contribution in [0.15, 0.2) is 97.1 Å². The van der Waals surface area contributed by atoms with E-state index in [9.17, 15) is 5.11 Å². The number of phenolic OH excluding ortho intramolecular Hbond substituents is 1. The molecule has 176 valence electrons. The molecule has 1 aromatic heterocycles. The van der Waals surface area contributed by atoms with Gasteiger partial charge >= 0.3 is 0 Å². The molecule has 35 heavy (non-hydrogen) atoms. The van der Waals surface area contributed by atoms with Crippen molar-refractivity contribution in [3.05, 3.63) is 125 Å². The molecule has 0 spiro atoms. The van der Waals surface area contributed by atoms with Gasteiger partial charge in [-0.25, -0.2) is 4.68 Å². The van der Waals surface area contributed by atoms with E-state index in [-0.39, 0.29) is 11.2 Å². The van der Waals surface area contributed by atoms with Gasteiger partial charge in [0.15, 0.2) is 0 Å². The summed E-state index contributed by atoms with van der Waals surface area (Å²) in [5.74, 6) is 0.266. The second-order valence-corrected chi connectivity index (χ2v) is 10.4. The molecule has 0 aliphatic heterocycles. The molecule has 1 heterocycles. The predicted octanol–water partition coefficient (Wildman–Crippen LogP) is 7.69. The molecule has 0 amide bonds. The summed E-state index contributed by atoms with van der Waals surface area (Å²) >= 11 is 0. The third-order valence-corrected chi connectivity index (χ3v) is 7.52. The van der Waals surface area contributed by atoms with Crippen molar-refractivity contribution in [2.24, 2.45) is 0 Å². The Morgan fingerprint density at radius 3 is 1.80 bits per heavy atom. The summed E-state index contributed by atoms with van der Waals surface area (Å²) < 4.78 is 1.90. The number of phenols is 1. The molecule has 4 aromatic carbocycles. The number of benzene rings is 4. The lowest BCUT2D eigenvalue weighted by atomic mass is 9.72. The lowest BCUT2D eigenvalue weighted by molar-refractivity contribution is 0.447. The fraction of sp³-hybridized carbons (Fsp3) is 0.219. The number of hydrogen-bond donors (Lipinski definition) is 1. The Bertz CT molecular complexity index is 1500. The highest BCUT2D eigenvalue weighted by atomic mass is 16.3. The highest BCUT2D eigenvalue weighted by Crippen LogP contribution is 2.44. The molecule has 3 heteroatoms. The molecule has 0 bridgehead atoms. The third-order valence-electron chi connectivity index (χ3n) is 7.52. The van der Waals surface area contributed by atoms with Gasteiger partial charge in [-0.2, -0.15) is 5.10 Å². The third kappa shape index (κ3) is 3.81. The van der Waals surface area contributed by atoms with E-state index in [1.165, 1.54) is 5.56 Å². The smallest absolute Gasteiger partial charge is 0.145 e. The molecular formula is C32H32N2O. The first-order valence-corrected chi connectivity index (χ1v) is 12.1. The molecule has 0 unspecified atom stereocenters. The van der Waals surface area contributed by atoms with Gasteiger partial charge in [0.05, 0.1) is 5.52 Å². The Labute approximate surface area is 207 Å². The van der Waals surface area contributed by atoms with Gasteiger partial charge in [0.2, 0.25) is 0 Å². The quantitative estimate of drug-likeness (QED) is 0.292. The summed E-state index contributed by atoms with van der Waals surface area (Å²) in [6.45, 7) is 10.9. The molecule has 5 rings (SSSR count). The van der Waals surface area contributed by atoms with Crippen molar-refractivity contribution in [2.75, 3.05) is 0 Å². The first-order chi connectivity index (χ1) is 16.7. The van der Waals surface area contributed by atoms with Gasteiger partial charge in [0.1, 0.15) is 11.4 Å². The molecule has 0 saturated heterocycles. The van der Waals surface area contributed by atoms with Crippen LogP contribution in [-0.4, -0.2) is 14.9 Å². The van der Waals surface area contributed by atoms with Crippen molar-refractivity contribution < 1.29 is 5.11 Å². The van der Waals surface area contributed by atoms with E-state index < -0.39 is 5.41 Å². The molecule has 1 N–H and O–H groups in total. The van der Waals surface area contributed by atoms with Crippen molar-refractivity contribution in [1.29, 1.82) is 0 Å². The molecule has 5 aromatic rings. The lowest BCUT2D eigenvalue weighted by Crippen LogP contribution is -2.24. The van der Waals surface area contributed by atoms with Gasteiger partial charge in [-0.05, 0) is 35.7 Å². The van der Waals surface area contributed by atoms with E-state index >= 15 is 0 Å². The zero-order valence-electron chi connectivity index (χ0n) is 21.1. The second kappa shape index (κ2) is 8.42.